The molecule has 0 atom stereocenters. The van der Waals surface area contributed by atoms with E-state index in [2.05, 4.69) is 96.0 Å². The van der Waals surface area contributed by atoms with E-state index < -0.39 is 0 Å². The topological polar surface area (TPSA) is 0 Å². The lowest BCUT2D eigenvalue weighted by Crippen LogP contribution is -1.89. The molecule has 0 aromatic heterocycles. The van der Waals surface area contributed by atoms with Gasteiger partial charge in [0.05, 0.1) is 0 Å². The quantitative estimate of drug-likeness (QED) is 0.243. The van der Waals surface area contributed by atoms with Crippen LogP contribution in [-0.2, 0) is 0 Å². The first-order valence-electron chi connectivity index (χ1n) is 8.09. The Hall–Kier alpha value is -1.38. The summed E-state index contributed by atoms with van der Waals surface area (Å²) in [5, 5.41) is 7.78. The predicted molar refractivity (Wildman–Crippen MR) is 113 cm³/mol. The Morgan fingerprint density at radius 1 is 0.417 bits per heavy atom. The summed E-state index contributed by atoms with van der Waals surface area (Å²) in [6.07, 6.45) is 0. The van der Waals surface area contributed by atoms with Crippen LogP contribution in [0.3, 0.4) is 0 Å². The molecule has 0 saturated carbocycles. The van der Waals surface area contributed by atoms with Crippen LogP contribution in [0.2, 0.25) is 0 Å². The lowest BCUT2D eigenvalue weighted by atomic mass is 9.93. The Morgan fingerprint density at radius 3 is 1.00 bits per heavy atom. The standard InChI is InChI=1S/C22H18Br2/c1-11-5-15-17-9-22(24)20-8-14(4)12(2)6-16(20)18(17)10-21(23)19(15)7-13(11)3/h5-10H,1-4H3. The van der Waals surface area contributed by atoms with E-state index in [9.17, 15) is 0 Å². The molecular weight excluding hydrogens is 424 g/mol. The Balaban J connectivity index is 2.31. The van der Waals surface area contributed by atoms with E-state index in [1.54, 1.807) is 0 Å². The molecule has 0 nitrogen and oxygen atoms in total. The lowest BCUT2D eigenvalue weighted by molar-refractivity contribution is 1.36. The molecule has 4 aromatic rings. The second-order valence-electron chi connectivity index (χ2n) is 6.78. The van der Waals surface area contributed by atoms with Gasteiger partial charge in [0.1, 0.15) is 0 Å². The molecule has 2 heteroatoms. The van der Waals surface area contributed by atoms with Gasteiger partial charge in [-0.15, -0.1) is 0 Å². The number of rotatable bonds is 0. The molecule has 120 valence electrons. The lowest BCUT2D eigenvalue weighted by Gasteiger charge is -2.14. The van der Waals surface area contributed by atoms with Crippen molar-refractivity contribution in [2.75, 3.05) is 0 Å². The van der Waals surface area contributed by atoms with Gasteiger partial charge in [0, 0.05) is 8.95 Å². The van der Waals surface area contributed by atoms with Gasteiger partial charge in [-0.25, -0.2) is 0 Å². The molecule has 0 N–H and O–H groups in total. The molecule has 0 spiro atoms. The summed E-state index contributed by atoms with van der Waals surface area (Å²) in [6, 6.07) is 13.7. The Bertz CT molecular complexity index is 1060. The molecule has 0 heterocycles. The Morgan fingerprint density at radius 2 is 0.667 bits per heavy atom. The van der Waals surface area contributed by atoms with Gasteiger partial charge in [0.25, 0.3) is 0 Å². The van der Waals surface area contributed by atoms with Gasteiger partial charge >= 0.3 is 0 Å². The highest BCUT2D eigenvalue weighted by Crippen LogP contribution is 2.40. The molecule has 0 bridgehead atoms. The van der Waals surface area contributed by atoms with Crippen molar-refractivity contribution in [2.24, 2.45) is 0 Å². The fourth-order valence-corrected chi connectivity index (χ4v) is 4.60. The highest BCUT2D eigenvalue weighted by molar-refractivity contribution is 9.11. The zero-order chi connectivity index (χ0) is 17.2. The van der Waals surface area contributed by atoms with E-state index in [0.29, 0.717) is 0 Å². The maximum absolute atomic E-state index is 3.80. The van der Waals surface area contributed by atoms with Crippen LogP contribution in [0.4, 0.5) is 0 Å². The maximum atomic E-state index is 3.80. The third-order valence-corrected chi connectivity index (χ3v) is 6.51. The summed E-state index contributed by atoms with van der Waals surface area (Å²) in [6.45, 7) is 8.72. The molecule has 0 aliphatic carbocycles. The second kappa shape index (κ2) is 5.57. The molecule has 0 amide bonds. The van der Waals surface area contributed by atoms with Gasteiger partial charge in [-0.2, -0.15) is 0 Å². The van der Waals surface area contributed by atoms with Crippen LogP contribution in [0.25, 0.3) is 32.3 Å². The third-order valence-electron chi connectivity index (χ3n) is 5.19. The minimum Gasteiger partial charge on any atom is -0.0505 e. The largest absolute Gasteiger partial charge is 0.0505 e. The zero-order valence-corrected chi connectivity index (χ0v) is 17.4. The van der Waals surface area contributed by atoms with E-state index in [1.165, 1.54) is 54.6 Å². The van der Waals surface area contributed by atoms with Crippen LogP contribution >= 0.6 is 31.9 Å². The number of fused-ring (bicyclic) bond motifs is 5. The van der Waals surface area contributed by atoms with Crippen LogP contribution in [-0.4, -0.2) is 0 Å². The van der Waals surface area contributed by atoms with Gasteiger partial charge in [0.2, 0.25) is 0 Å². The first kappa shape index (κ1) is 16.1. The monoisotopic (exact) mass is 440 g/mol. The second-order valence-corrected chi connectivity index (χ2v) is 8.48. The molecule has 4 aromatic carbocycles. The molecule has 0 aliphatic heterocycles. The number of benzene rings is 4. The van der Waals surface area contributed by atoms with E-state index in [4.69, 9.17) is 0 Å². The highest BCUT2D eigenvalue weighted by atomic mass is 79.9. The van der Waals surface area contributed by atoms with Crippen molar-refractivity contribution in [2.45, 2.75) is 27.7 Å². The van der Waals surface area contributed by atoms with Gasteiger partial charge in [-0.1, -0.05) is 56.1 Å². The minimum absolute atomic E-state index is 1.16. The maximum Gasteiger partial charge on any atom is 0.0260 e. The first-order valence-corrected chi connectivity index (χ1v) is 9.68. The van der Waals surface area contributed by atoms with Crippen molar-refractivity contribution in [3.63, 3.8) is 0 Å². The van der Waals surface area contributed by atoms with Gasteiger partial charge in [-0.05, 0) is 94.4 Å². The van der Waals surface area contributed by atoms with E-state index in [-0.39, 0.29) is 0 Å². The summed E-state index contributed by atoms with van der Waals surface area (Å²) in [4.78, 5) is 0. The van der Waals surface area contributed by atoms with Crippen molar-refractivity contribution in [1.29, 1.82) is 0 Å². The number of hydrogen-bond donors (Lipinski definition) is 0. The average Bonchev–Trinajstić information content (AvgIpc) is 2.53. The van der Waals surface area contributed by atoms with Crippen LogP contribution < -0.4 is 0 Å². The van der Waals surface area contributed by atoms with Crippen LogP contribution in [0.5, 0.6) is 0 Å². The normalized spacial score (nSPS) is 11.8. The summed E-state index contributed by atoms with van der Waals surface area (Å²) in [5.74, 6) is 0. The summed E-state index contributed by atoms with van der Waals surface area (Å²) in [7, 11) is 0. The number of aryl methyl sites for hydroxylation is 4. The number of hydrogen-bond acceptors (Lipinski definition) is 0. The highest BCUT2D eigenvalue weighted by Gasteiger charge is 2.12. The van der Waals surface area contributed by atoms with Gasteiger partial charge in [0.15, 0.2) is 0 Å². The number of halogens is 2. The SMILES string of the molecule is Cc1cc2c(Br)cc3c4cc(C)c(C)cc4c(Br)cc3c2cc1C. The van der Waals surface area contributed by atoms with Crippen molar-refractivity contribution in [1.82, 2.24) is 0 Å². The fraction of sp³-hybridized carbons (Fsp3) is 0.182. The van der Waals surface area contributed by atoms with E-state index >= 15 is 0 Å². The van der Waals surface area contributed by atoms with Crippen LogP contribution in [0.15, 0.2) is 45.3 Å². The molecule has 0 aliphatic rings. The average molecular weight is 442 g/mol. The summed E-state index contributed by atoms with van der Waals surface area (Å²) < 4.78 is 2.32. The summed E-state index contributed by atoms with van der Waals surface area (Å²) >= 11 is 7.60. The van der Waals surface area contributed by atoms with Crippen molar-refractivity contribution in [3.8, 4) is 0 Å². The first-order chi connectivity index (χ1) is 11.4. The van der Waals surface area contributed by atoms with E-state index in [1.807, 2.05) is 0 Å². The summed E-state index contributed by atoms with van der Waals surface area (Å²) in [5.41, 5.74) is 5.32. The van der Waals surface area contributed by atoms with Crippen molar-refractivity contribution in [3.05, 3.63) is 67.6 Å². The molecule has 0 radical (unpaired) electrons. The van der Waals surface area contributed by atoms with Crippen LogP contribution in [0, 0.1) is 27.7 Å². The molecule has 0 saturated heterocycles. The molecule has 0 fully saturated rings. The van der Waals surface area contributed by atoms with E-state index in [0.717, 1.165) is 8.95 Å². The third kappa shape index (κ3) is 2.31. The smallest absolute Gasteiger partial charge is 0.0260 e. The van der Waals surface area contributed by atoms with Crippen molar-refractivity contribution >= 4 is 64.2 Å². The molecule has 4 rings (SSSR count). The van der Waals surface area contributed by atoms with Crippen molar-refractivity contribution < 1.29 is 0 Å². The van der Waals surface area contributed by atoms with Gasteiger partial charge in [-0.3, -0.25) is 0 Å². The molecule has 0 unspecified atom stereocenters. The Labute approximate surface area is 159 Å². The zero-order valence-electron chi connectivity index (χ0n) is 14.2. The van der Waals surface area contributed by atoms with Crippen LogP contribution in [0.1, 0.15) is 22.3 Å². The minimum atomic E-state index is 1.16. The fourth-order valence-electron chi connectivity index (χ4n) is 3.48. The molecular formula is C22H18Br2. The Kier molecular flexibility index (Phi) is 3.74. The van der Waals surface area contributed by atoms with Gasteiger partial charge < -0.3 is 0 Å². The predicted octanol–water partition coefficient (Wildman–Crippen LogP) is 7.90. The molecule has 24 heavy (non-hydrogen) atoms.